The Morgan fingerprint density at radius 1 is 1.18 bits per heavy atom. The molecule has 1 amide bonds. The minimum Gasteiger partial charge on any atom is -0.324 e. The molecule has 0 aliphatic carbocycles. The number of nitrogens with zero attached hydrogens (tertiary/aromatic N) is 4. The topological polar surface area (TPSA) is 103 Å². The van der Waals surface area contributed by atoms with Crippen molar-refractivity contribution in [1.82, 2.24) is 14.8 Å². The van der Waals surface area contributed by atoms with E-state index in [1.807, 2.05) is 28.8 Å². The summed E-state index contributed by atoms with van der Waals surface area (Å²) in [5.74, 6) is 1.88. The molecule has 3 aromatic rings. The first kappa shape index (κ1) is 25.1. The van der Waals surface area contributed by atoms with Gasteiger partial charge >= 0.3 is 0 Å². The van der Waals surface area contributed by atoms with Crippen molar-refractivity contribution in [1.29, 1.82) is 0 Å². The van der Waals surface area contributed by atoms with Crippen molar-refractivity contribution in [3.63, 3.8) is 0 Å². The molecule has 1 aromatic heterocycles. The van der Waals surface area contributed by atoms with Crippen molar-refractivity contribution in [3.8, 4) is 0 Å². The zero-order valence-corrected chi connectivity index (χ0v) is 20.4. The predicted octanol–water partition coefficient (Wildman–Crippen LogP) is 5.84. The van der Waals surface area contributed by atoms with Crippen LogP contribution in [0, 0.1) is 10.1 Å². The highest BCUT2D eigenvalue weighted by atomic mass is 35.5. The quantitative estimate of drug-likeness (QED) is 0.145. The van der Waals surface area contributed by atoms with Gasteiger partial charge in [-0.05, 0) is 23.8 Å². The second-order valence-electron chi connectivity index (χ2n) is 6.68. The molecule has 1 N–H and O–H groups in total. The Bertz CT molecular complexity index is 1160. The van der Waals surface area contributed by atoms with E-state index in [0.717, 1.165) is 17.1 Å². The molecule has 0 bridgehead atoms. The average Bonchev–Trinajstić information content (AvgIpc) is 3.17. The van der Waals surface area contributed by atoms with Gasteiger partial charge in [0.1, 0.15) is 5.82 Å². The minimum absolute atomic E-state index is 0.0339. The summed E-state index contributed by atoms with van der Waals surface area (Å²) >= 11 is 14.9. The third-order valence-corrected chi connectivity index (χ3v) is 6.83. The van der Waals surface area contributed by atoms with Gasteiger partial charge in [0.2, 0.25) is 5.91 Å². The summed E-state index contributed by atoms with van der Waals surface area (Å²) in [5, 5.41) is 23.5. The van der Waals surface area contributed by atoms with E-state index in [0.29, 0.717) is 22.5 Å². The molecule has 1 heterocycles. The van der Waals surface area contributed by atoms with Gasteiger partial charge in [-0.15, -0.1) is 28.5 Å². The Morgan fingerprint density at radius 2 is 1.94 bits per heavy atom. The largest absolute Gasteiger partial charge is 0.324 e. The summed E-state index contributed by atoms with van der Waals surface area (Å²) in [6.07, 6.45) is 1.74. The molecule has 0 unspecified atom stereocenters. The number of nitrogens with one attached hydrogen (secondary N) is 1. The van der Waals surface area contributed by atoms with Crippen LogP contribution in [0.15, 0.2) is 60.3 Å². The van der Waals surface area contributed by atoms with Gasteiger partial charge in [-0.25, -0.2) is 0 Å². The number of hydrogen-bond acceptors (Lipinski definition) is 7. The Hall–Kier alpha value is -2.53. The monoisotopic (exact) mass is 523 g/mol. The fourth-order valence-electron chi connectivity index (χ4n) is 2.72. The smallest absolute Gasteiger partial charge is 0.271 e. The van der Waals surface area contributed by atoms with Crippen molar-refractivity contribution in [2.45, 2.75) is 23.2 Å². The van der Waals surface area contributed by atoms with E-state index < -0.39 is 4.92 Å². The number of thioether (sulfide) groups is 2. The Kier molecular flexibility index (Phi) is 9.19. The fourth-order valence-corrected chi connectivity index (χ4v) is 4.71. The molecule has 0 aliphatic rings. The maximum absolute atomic E-state index is 12.4. The maximum Gasteiger partial charge on any atom is 0.271 e. The number of amides is 1. The van der Waals surface area contributed by atoms with Crippen molar-refractivity contribution in [2.75, 3.05) is 11.1 Å². The lowest BCUT2D eigenvalue weighted by atomic mass is 10.2. The lowest BCUT2D eigenvalue weighted by molar-refractivity contribution is -0.384. The van der Waals surface area contributed by atoms with E-state index in [1.54, 1.807) is 17.8 Å². The van der Waals surface area contributed by atoms with Gasteiger partial charge < -0.3 is 9.88 Å². The van der Waals surface area contributed by atoms with Crippen LogP contribution in [0.25, 0.3) is 0 Å². The normalized spacial score (nSPS) is 10.7. The Morgan fingerprint density at radius 3 is 2.64 bits per heavy atom. The molecule has 33 heavy (non-hydrogen) atoms. The van der Waals surface area contributed by atoms with E-state index in [2.05, 4.69) is 22.1 Å². The van der Waals surface area contributed by atoms with Gasteiger partial charge in [0.05, 0.1) is 27.1 Å². The number of carbonyl (C=O) groups is 1. The molecule has 0 atom stereocenters. The van der Waals surface area contributed by atoms with Crippen LogP contribution in [0.1, 0.15) is 11.4 Å². The highest BCUT2D eigenvalue weighted by Gasteiger charge is 2.16. The highest BCUT2D eigenvalue weighted by molar-refractivity contribution is 7.99. The van der Waals surface area contributed by atoms with Crippen LogP contribution in [-0.4, -0.2) is 31.3 Å². The molecule has 0 aliphatic heterocycles. The number of nitro groups is 1. The van der Waals surface area contributed by atoms with E-state index >= 15 is 0 Å². The molecule has 0 saturated heterocycles. The Balaban J connectivity index is 1.59. The van der Waals surface area contributed by atoms with Gasteiger partial charge in [0, 0.05) is 29.5 Å². The van der Waals surface area contributed by atoms with Crippen LogP contribution < -0.4 is 5.32 Å². The van der Waals surface area contributed by atoms with Crippen LogP contribution in [-0.2, 0) is 22.8 Å². The molecule has 12 heteroatoms. The number of carbonyl (C=O) groups excluding carboxylic acids is 1. The first-order valence-electron chi connectivity index (χ1n) is 9.59. The van der Waals surface area contributed by atoms with Crippen LogP contribution in [0.3, 0.4) is 0 Å². The van der Waals surface area contributed by atoms with E-state index in [4.69, 9.17) is 23.2 Å². The number of hydrogen-bond donors (Lipinski definition) is 1. The zero-order valence-electron chi connectivity index (χ0n) is 17.2. The molecule has 2 aromatic carbocycles. The summed E-state index contributed by atoms with van der Waals surface area (Å²) in [6, 6.07) is 11.6. The third-order valence-electron chi connectivity index (χ3n) is 4.29. The lowest BCUT2D eigenvalue weighted by Gasteiger charge is -2.09. The first-order chi connectivity index (χ1) is 15.9. The number of allylic oxidation sites excluding steroid dienone is 1. The number of rotatable bonds is 11. The Labute approximate surface area is 208 Å². The molecule has 8 nitrogen and oxygen atoms in total. The van der Waals surface area contributed by atoms with Gasteiger partial charge in [-0.2, -0.15) is 0 Å². The number of non-ortho nitro benzene ring substituents is 1. The van der Waals surface area contributed by atoms with Crippen LogP contribution in [0.2, 0.25) is 10.0 Å². The lowest BCUT2D eigenvalue weighted by Crippen LogP contribution is -2.15. The number of nitro benzene ring substituents is 1. The molecular weight excluding hydrogens is 505 g/mol. The molecule has 0 radical (unpaired) electrons. The van der Waals surface area contributed by atoms with Gasteiger partial charge in [0.25, 0.3) is 5.69 Å². The summed E-state index contributed by atoms with van der Waals surface area (Å²) in [4.78, 5) is 22.8. The molecule has 3 rings (SSSR count). The van der Waals surface area contributed by atoms with Crippen LogP contribution in [0.4, 0.5) is 11.4 Å². The van der Waals surface area contributed by atoms with Crippen molar-refractivity contribution < 1.29 is 9.72 Å². The number of aromatic nitrogens is 3. The highest BCUT2D eigenvalue weighted by Crippen LogP contribution is 2.27. The van der Waals surface area contributed by atoms with Crippen LogP contribution in [0.5, 0.6) is 0 Å². The standard InChI is InChI=1S/C21H19Cl2N5O3S2/c1-2-9-27-19(12-32-11-14-3-5-15(22)6-4-14)25-26-21(27)33-13-20(29)24-18-10-16(28(30)31)7-8-17(18)23/h2-8,10H,1,9,11-13H2,(H,24,29). The van der Waals surface area contributed by atoms with E-state index in [9.17, 15) is 14.9 Å². The van der Waals surface area contributed by atoms with Gasteiger partial charge in [-0.3, -0.25) is 14.9 Å². The summed E-state index contributed by atoms with van der Waals surface area (Å²) < 4.78 is 1.90. The second kappa shape index (κ2) is 12.1. The molecular formula is C21H19Cl2N5O3S2. The molecule has 0 saturated carbocycles. The molecule has 172 valence electrons. The third kappa shape index (κ3) is 7.23. The molecule has 0 spiro atoms. The van der Waals surface area contributed by atoms with Gasteiger partial charge in [0.15, 0.2) is 5.16 Å². The van der Waals surface area contributed by atoms with E-state index in [-0.39, 0.29) is 28.1 Å². The SMILES string of the molecule is C=CCn1c(CSCc2ccc(Cl)cc2)nnc1SCC(=O)Nc1cc([N+](=O)[O-])ccc1Cl. The minimum atomic E-state index is -0.551. The summed E-state index contributed by atoms with van der Waals surface area (Å²) in [7, 11) is 0. The zero-order chi connectivity index (χ0) is 23.8. The summed E-state index contributed by atoms with van der Waals surface area (Å²) in [6.45, 7) is 4.29. The number of halogens is 2. The van der Waals surface area contributed by atoms with E-state index in [1.165, 1.54) is 30.0 Å². The number of anilines is 1. The van der Waals surface area contributed by atoms with Crippen molar-refractivity contribution in [3.05, 3.63) is 86.7 Å². The fraction of sp³-hybridized carbons (Fsp3) is 0.190. The molecule has 0 fully saturated rings. The maximum atomic E-state index is 12.4. The van der Waals surface area contributed by atoms with Crippen molar-refractivity contribution >= 4 is 64.0 Å². The van der Waals surface area contributed by atoms with Crippen LogP contribution >= 0.6 is 46.7 Å². The van der Waals surface area contributed by atoms with Gasteiger partial charge in [-0.1, -0.05) is 53.2 Å². The number of benzene rings is 2. The summed E-state index contributed by atoms with van der Waals surface area (Å²) in [5.41, 5.74) is 1.18. The van der Waals surface area contributed by atoms with Crippen molar-refractivity contribution in [2.24, 2.45) is 0 Å². The predicted molar refractivity (Wildman–Crippen MR) is 134 cm³/mol. The average molecular weight is 524 g/mol. The first-order valence-corrected chi connectivity index (χ1v) is 12.5. The second-order valence-corrected chi connectivity index (χ2v) is 9.45.